The van der Waals surface area contributed by atoms with Crippen LogP contribution in [0, 0.1) is 41.4 Å². The number of rotatable bonds is 5. The minimum atomic E-state index is -2.94. The molecule has 0 heterocycles. The van der Waals surface area contributed by atoms with E-state index in [1.807, 2.05) is 0 Å². The summed E-state index contributed by atoms with van der Waals surface area (Å²) < 4.78 is 6.29. The summed E-state index contributed by atoms with van der Waals surface area (Å²) in [6.45, 7) is 1.76. The largest absolute Gasteiger partial charge is 0.508 e. The first-order chi connectivity index (χ1) is 21.2. The molecular weight excluding hydrogens is 580 g/mol. The number of aliphatic hydroxyl groups is 3. The number of aromatic hydroxyl groups is 1. The number of hydrogen-bond acceptors (Lipinski definition) is 10. The first-order valence-corrected chi connectivity index (χ1v) is 15.9. The average Bonchev–Trinajstić information content (AvgIpc) is 3.19. The van der Waals surface area contributed by atoms with Crippen LogP contribution >= 0.6 is 0 Å². The number of amides is 1. The van der Waals surface area contributed by atoms with E-state index in [9.17, 15) is 39.6 Å². The molecule has 240 valence electrons. The third-order valence-electron chi connectivity index (χ3n) is 12.1. The first kappa shape index (κ1) is 30.0. The van der Waals surface area contributed by atoms with Crippen molar-refractivity contribution in [1.29, 1.82) is 0 Å². The van der Waals surface area contributed by atoms with Gasteiger partial charge < -0.3 is 30.9 Å². The molecule has 0 spiro atoms. The molecular formula is C34H40N2O9. The molecule has 7 rings (SSSR count). The van der Waals surface area contributed by atoms with Crippen molar-refractivity contribution in [2.45, 2.75) is 69.1 Å². The molecule has 6 aliphatic rings. The Labute approximate surface area is 260 Å². The van der Waals surface area contributed by atoms with Gasteiger partial charge in [-0.25, -0.2) is 0 Å². The first-order valence-electron chi connectivity index (χ1n) is 15.9. The molecule has 11 heteroatoms. The van der Waals surface area contributed by atoms with Gasteiger partial charge in [0.25, 0.3) is 5.91 Å². The van der Waals surface area contributed by atoms with Crippen LogP contribution in [0.25, 0.3) is 5.76 Å². The van der Waals surface area contributed by atoms with Crippen molar-refractivity contribution in [3.05, 3.63) is 46.2 Å². The lowest BCUT2D eigenvalue weighted by Crippen LogP contribution is -2.71. The van der Waals surface area contributed by atoms with E-state index in [1.165, 1.54) is 44.3 Å². The predicted molar refractivity (Wildman–Crippen MR) is 159 cm³/mol. The van der Waals surface area contributed by atoms with Gasteiger partial charge in [0.05, 0.1) is 17.5 Å². The molecule has 3 bridgehead atoms. The molecule has 1 aromatic carbocycles. The van der Waals surface area contributed by atoms with Crippen LogP contribution in [0.4, 0.5) is 0 Å². The molecule has 0 aliphatic heterocycles. The number of aliphatic hydroxyl groups excluding tert-OH is 2. The van der Waals surface area contributed by atoms with Gasteiger partial charge in [0.2, 0.25) is 5.78 Å². The topological polar surface area (TPSA) is 188 Å². The van der Waals surface area contributed by atoms with Gasteiger partial charge in [0, 0.05) is 17.9 Å². The number of fused-ring (bicyclic) bond motifs is 5. The number of primary amides is 1. The molecule has 4 unspecified atom stereocenters. The maximum Gasteiger partial charge on any atom is 0.306 e. The summed E-state index contributed by atoms with van der Waals surface area (Å²) in [5.74, 6) is -6.86. The van der Waals surface area contributed by atoms with E-state index >= 15 is 0 Å². The molecule has 6 aliphatic carbocycles. The van der Waals surface area contributed by atoms with E-state index in [0.717, 1.165) is 12.8 Å². The fourth-order valence-corrected chi connectivity index (χ4v) is 10.4. The van der Waals surface area contributed by atoms with E-state index in [0.29, 0.717) is 29.2 Å². The molecule has 6 N–H and O–H groups in total. The second-order valence-corrected chi connectivity index (χ2v) is 14.6. The van der Waals surface area contributed by atoms with Gasteiger partial charge in [0.1, 0.15) is 28.9 Å². The molecule has 1 aromatic rings. The molecule has 0 aromatic heterocycles. The van der Waals surface area contributed by atoms with Gasteiger partial charge >= 0.3 is 5.97 Å². The number of ketones is 2. The summed E-state index contributed by atoms with van der Waals surface area (Å²) in [4.78, 5) is 56.0. The summed E-state index contributed by atoms with van der Waals surface area (Å²) in [5, 5.41) is 45.9. The zero-order valence-electron chi connectivity index (χ0n) is 25.6. The lowest BCUT2D eigenvalue weighted by atomic mass is 9.54. The number of hydrogen-bond donors (Lipinski definition) is 5. The van der Waals surface area contributed by atoms with Crippen LogP contribution in [-0.4, -0.2) is 80.6 Å². The van der Waals surface area contributed by atoms with Crippen LogP contribution < -0.4 is 5.73 Å². The van der Waals surface area contributed by atoms with Crippen molar-refractivity contribution in [1.82, 2.24) is 4.90 Å². The number of esters is 1. The average molecular weight is 621 g/mol. The summed E-state index contributed by atoms with van der Waals surface area (Å²) in [6.07, 6.45) is 4.39. The molecule has 0 radical (unpaired) electrons. The number of nitrogens with zero attached hydrogens (tertiary/aromatic N) is 1. The Balaban J connectivity index is 1.37. The van der Waals surface area contributed by atoms with Crippen molar-refractivity contribution < 1.29 is 44.3 Å². The van der Waals surface area contributed by atoms with Gasteiger partial charge in [-0.05, 0) is 93.3 Å². The van der Waals surface area contributed by atoms with E-state index in [1.54, 1.807) is 19.1 Å². The second kappa shape index (κ2) is 10.2. The smallest absolute Gasteiger partial charge is 0.306 e. The fourth-order valence-electron chi connectivity index (χ4n) is 10.4. The number of ether oxygens (including phenoxy) is 1. The number of phenolic OH excluding ortho intramolecular Hbond substituents is 1. The Kier molecular flexibility index (Phi) is 6.76. The molecule has 11 atom stereocenters. The van der Waals surface area contributed by atoms with E-state index in [4.69, 9.17) is 10.5 Å². The SMILES string of the molecule is C[C@@H]1c2cccc(O)c2C(O)=C2C(=O)[C@@]3(O)C(O)=C(C(N)=O)C(=O)[C@H](N(C)C)[C@H]3[C@H](OC(=O)C[C@@H]3CC4CC5CC(C4)C3C5)[C@H]21. The number of Topliss-reactive ketones (excluding diaryl/α,β-unsaturated/α-hetero) is 2. The number of nitrogens with two attached hydrogens (primary N) is 1. The van der Waals surface area contributed by atoms with E-state index in [2.05, 4.69) is 0 Å². The minimum Gasteiger partial charge on any atom is -0.508 e. The summed E-state index contributed by atoms with van der Waals surface area (Å²) in [5.41, 5.74) is 1.73. The number of phenols is 1. The maximum absolute atomic E-state index is 14.4. The van der Waals surface area contributed by atoms with Crippen molar-refractivity contribution >= 4 is 29.2 Å². The standard InChI is InChI=1S/C34H40N2O9/c1-13-18-5-4-6-20(37)23(18)28(39)24-22(13)30(45-21(38)12-17-9-14-7-15-10-16(8-14)19(17)11-15)26-27(36(2)3)29(40)25(33(35)43)32(42)34(26,44)31(24)41/h4-6,13-17,19,22,26-27,30,37,39,42,44H,7-12H2,1-3H3,(H2,35,43)/t13-,14?,15?,16?,17+,19?,22+,26+,27-,30-,34-/m1/s1. The summed E-state index contributed by atoms with van der Waals surface area (Å²) >= 11 is 0. The van der Waals surface area contributed by atoms with Gasteiger partial charge in [-0.15, -0.1) is 0 Å². The highest BCUT2D eigenvalue weighted by atomic mass is 16.5. The van der Waals surface area contributed by atoms with Crippen LogP contribution in [0.15, 0.2) is 35.1 Å². The van der Waals surface area contributed by atoms with Crippen molar-refractivity contribution in [2.75, 3.05) is 14.1 Å². The van der Waals surface area contributed by atoms with Gasteiger partial charge in [0.15, 0.2) is 11.4 Å². The highest BCUT2D eigenvalue weighted by Gasteiger charge is 2.69. The molecule has 4 saturated carbocycles. The molecule has 1 amide bonds. The summed E-state index contributed by atoms with van der Waals surface area (Å²) in [6, 6.07) is 3.23. The zero-order chi connectivity index (χ0) is 32.3. The third-order valence-corrected chi connectivity index (χ3v) is 12.1. The van der Waals surface area contributed by atoms with Crippen molar-refractivity contribution in [3.63, 3.8) is 0 Å². The molecule has 0 saturated heterocycles. The predicted octanol–water partition coefficient (Wildman–Crippen LogP) is 2.51. The number of likely N-dealkylation sites (N-methyl/N-ethyl adjacent to an activating group) is 1. The van der Waals surface area contributed by atoms with E-state index in [-0.39, 0.29) is 29.2 Å². The van der Waals surface area contributed by atoms with Crippen LogP contribution in [0.2, 0.25) is 0 Å². The Bertz CT molecular complexity index is 1590. The molecule has 4 fully saturated rings. The Morgan fingerprint density at radius 3 is 2.40 bits per heavy atom. The van der Waals surface area contributed by atoms with Crippen LogP contribution in [0.1, 0.15) is 62.5 Å². The van der Waals surface area contributed by atoms with Gasteiger partial charge in [-0.1, -0.05) is 19.1 Å². The van der Waals surface area contributed by atoms with Gasteiger partial charge in [-0.3, -0.25) is 24.1 Å². The lowest BCUT2D eigenvalue weighted by Gasteiger charge is -2.54. The maximum atomic E-state index is 14.4. The lowest BCUT2D eigenvalue weighted by molar-refractivity contribution is -0.186. The Morgan fingerprint density at radius 2 is 1.73 bits per heavy atom. The third kappa shape index (κ3) is 4.08. The molecule has 45 heavy (non-hydrogen) atoms. The Morgan fingerprint density at radius 1 is 1.04 bits per heavy atom. The zero-order valence-corrected chi connectivity index (χ0v) is 25.6. The van der Waals surface area contributed by atoms with E-state index < -0.39 is 76.0 Å². The highest BCUT2D eigenvalue weighted by Crippen LogP contribution is 2.59. The number of carbonyl (C=O) groups is 4. The van der Waals surface area contributed by atoms with Gasteiger partial charge in [-0.2, -0.15) is 0 Å². The summed E-state index contributed by atoms with van der Waals surface area (Å²) in [7, 11) is 3.03. The normalized spacial score (nSPS) is 39.9. The monoisotopic (exact) mass is 620 g/mol. The number of carbonyl (C=O) groups excluding carboxylic acids is 4. The quantitative estimate of drug-likeness (QED) is 0.242. The van der Waals surface area contributed by atoms with Crippen LogP contribution in [0.3, 0.4) is 0 Å². The van der Waals surface area contributed by atoms with Crippen molar-refractivity contribution in [3.8, 4) is 5.75 Å². The minimum absolute atomic E-state index is 0.0140. The number of benzene rings is 1. The fraction of sp³-hybridized carbons (Fsp3) is 0.588. The Hall–Kier alpha value is -3.70. The van der Waals surface area contributed by atoms with Crippen LogP contribution in [-0.2, 0) is 23.9 Å². The van der Waals surface area contributed by atoms with Crippen molar-refractivity contribution in [2.24, 2.45) is 47.2 Å². The molecule has 11 nitrogen and oxygen atoms in total. The highest BCUT2D eigenvalue weighted by molar-refractivity contribution is 6.24. The second-order valence-electron chi connectivity index (χ2n) is 14.6. The van der Waals surface area contributed by atoms with Crippen LogP contribution in [0.5, 0.6) is 5.75 Å².